The SMILES string of the molecule is CCCCCCCCc1cc2c(cc1CCCCCCCC)c1cc3c4cc(C#Cc5ccccc5)c(C#Cc5ccccc5)cc4c3cc21. The van der Waals surface area contributed by atoms with Crippen LogP contribution in [0.4, 0.5) is 0 Å². The van der Waals surface area contributed by atoms with Crippen LogP contribution in [0.5, 0.6) is 0 Å². The van der Waals surface area contributed by atoms with E-state index in [4.69, 9.17) is 0 Å². The van der Waals surface area contributed by atoms with Gasteiger partial charge >= 0.3 is 0 Å². The Kier molecular flexibility index (Phi) is 11.0. The summed E-state index contributed by atoms with van der Waals surface area (Å²) in [5.74, 6) is 13.7. The molecule has 0 spiro atoms. The van der Waals surface area contributed by atoms with Crippen LogP contribution in [0.15, 0.2) is 97.1 Å². The van der Waals surface area contributed by atoms with Crippen molar-refractivity contribution in [3.8, 4) is 23.7 Å². The highest BCUT2D eigenvalue weighted by atomic mass is 14.2. The lowest BCUT2D eigenvalue weighted by Gasteiger charge is -2.21. The Bertz CT molecular complexity index is 2120. The Hall–Kier alpha value is -4.78. The molecular formula is C50H50. The number of rotatable bonds is 14. The van der Waals surface area contributed by atoms with E-state index in [0.717, 1.165) is 22.3 Å². The number of unbranched alkanes of at least 4 members (excludes halogenated alkanes) is 10. The number of fused-ring (bicyclic) bond motifs is 8. The first-order chi connectivity index (χ1) is 24.7. The van der Waals surface area contributed by atoms with Gasteiger partial charge < -0.3 is 0 Å². The molecule has 7 rings (SSSR count). The van der Waals surface area contributed by atoms with Gasteiger partial charge in [0, 0.05) is 22.3 Å². The molecule has 0 aliphatic rings. The molecule has 0 heteroatoms. The minimum Gasteiger partial charge on any atom is -0.0654 e. The molecule has 0 saturated heterocycles. The van der Waals surface area contributed by atoms with Crippen LogP contribution >= 0.6 is 0 Å². The number of benzene rings is 5. The average Bonchev–Trinajstić information content (AvgIpc) is 3.15. The zero-order valence-electron chi connectivity index (χ0n) is 30.1. The summed E-state index contributed by atoms with van der Waals surface area (Å²) in [4.78, 5) is 0. The molecule has 0 bridgehead atoms. The van der Waals surface area contributed by atoms with E-state index in [1.165, 1.54) is 133 Å². The molecule has 0 fully saturated rings. The molecule has 0 amide bonds. The summed E-state index contributed by atoms with van der Waals surface area (Å²) >= 11 is 0. The molecule has 0 aliphatic heterocycles. The topological polar surface area (TPSA) is 0 Å². The van der Waals surface area contributed by atoms with Crippen molar-refractivity contribution in [3.05, 3.63) is 130 Å². The summed E-state index contributed by atoms with van der Waals surface area (Å²) in [7, 11) is 0. The van der Waals surface area contributed by atoms with Crippen molar-refractivity contribution in [2.75, 3.05) is 0 Å². The predicted molar refractivity (Wildman–Crippen MR) is 218 cm³/mol. The molecule has 0 radical (unpaired) electrons. The fraction of sp³-hybridized carbons (Fsp3) is 0.320. The predicted octanol–water partition coefficient (Wildman–Crippen LogP) is 13.8. The van der Waals surface area contributed by atoms with E-state index in [1.54, 1.807) is 11.1 Å². The van der Waals surface area contributed by atoms with Crippen molar-refractivity contribution < 1.29 is 0 Å². The molecule has 0 aliphatic carbocycles. The van der Waals surface area contributed by atoms with Gasteiger partial charge in [0.1, 0.15) is 0 Å². The van der Waals surface area contributed by atoms with Gasteiger partial charge in [0.2, 0.25) is 0 Å². The van der Waals surface area contributed by atoms with Crippen LogP contribution in [0, 0.1) is 23.7 Å². The molecule has 0 unspecified atom stereocenters. The summed E-state index contributed by atoms with van der Waals surface area (Å²) in [5.41, 5.74) is 7.21. The maximum absolute atomic E-state index is 3.48. The third kappa shape index (κ3) is 7.52. The molecule has 0 saturated carbocycles. The van der Waals surface area contributed by atoms with Gasteiger partial charge in [-0.3, -0.25) is 0 Å². The van der Waals surface area contributed by atoms with Crippen molar-refractivity contribution >= 4 is 43.1 Å². The maximum Gasteiger partial charge on any atom is 0.0412 e. The van der Waals surface area contributed by atoms with E-state index in [2.05, 4.69) is 98.2 Å². The van der Waals surface area contributed by atoms with E-state index >= 15 is 0 Å². The van der Waals surface area contributed by atoms with Crippen molar-refractivity contribution in [2.45, 2.75) is 104 Å². The van der Waals surface area contributed by atoms with Crippen LogP contribution in [0.25, 0.3) is 43.1 Å². The van der Waals surface area contributed by atoms with Crippen molar-refractivity contribution in [2.24, 2.45) is 0 Å². The molecule has 7 aromatic carbocycles. The van der Waals surface area contributed by atoms with Crippen molar-refractivity contribution in [1.82, 2.24) is 0 Å². The van der Waals surface area contributed by atoms with Gasteiger partial charge in [-0.1, -0.05) is 150 Å². The van der Waals surface area contributed by atoms with Gasteiger partial charge in [-0.25, -0.2) is 0 Å². The van der Waals surface area contributed by atoms with Crippen molar-refractivity contribution in [1.29, 1.82) is 0 Å². The summed E-state index contributed by atoms with van der Waals surface area (Å²) < 4.78 is 0. The van der Waals surface area contributed by atoms with E-state index in [0.29, 0.717) is 0 Å². The summed E-state index contributed by atoms with van der Waals surface area (Å²) in [6.07, 6.45) is 18.6. The molecule has 0 nitrogen and oxygen atoms in total. The lowest BCUT2D eigenvalue weighted by Crippen LogP contribution is -1.99. The van der Waals surface area contributed by atoms with Crippen LogP contribution in [0.1, 0.15) is 124 Å². The smallest absolute Gasteiger partial charge is 0.0412 e. The van der Waals surface area contributed by atoms with Crippen LogP contribution < -0.4 is 0 Å². The molecule has 250 valence electrons. The molecule has 0 aromatic heterocycles. The first kappa shape index (κ1) is 33.7. The Morgan fingerprint density at radius 3 is 1.08 bits per heavy atom. The second-order valence-corrected chi connectivity index (χ2v) is 14.3. The standard InChI is InChI=1S/C50H50/c1-3-5-7-9-11-19-25-39-31-43-44(32-40(39)26-20-12-10-8-6-4-2)48-36-50-46-34-42(30-28-38-23-17-14-18-24-38)41(29-27-37-21-15-13-16-22-37)33-45(46)49(50)35-47(43)48/h13-18,21-24,31-36H,3-12,19-20,25-26H2,1-2H3. The van der Waals surface area contributed by atoms with Crippen LogP contribution in [0.2, 0.25) is 0 Å². The zero-order chi connectivity index (χ0) is 34.1. The van der Waals surface area contributed by atoms with E-state index in [-0.39, 0.29) is 0 Å². The fourth-order valence-corrected chi connectivity index (χ4v) is 7.73. The van der Waals surface area contributed by atoms with E-state index < -0.39 is 0 Å². The number of hydrogen-bond acceptors (Lipinski definition) is 0. The zero-order valence-corrected chi connectivity index (χ0v) is 30.1. The molecule has 7 aromatic rings. The highest BCUT2D eigenvalue weighted by molar-refractivity contribution is 6.35. The monoisotopic (exact) mass is 650 g/mol. The van der Waals surface area contributed by atoms with Crippen LogP contribution in [0.3, 0.4) is 0 Å². The van der Waals surface area contributed by atoms with Gasteiger partial charge in [-0.2, -0.15) is 0 Å². The van der Waals surface area contributed by atoms with Gasteiger partial charge in [-0.05, 0) is 128 Å². The fourth-order valence-electron chi connectivity index (χ4n) is 7.73. The Labute approximate surface area is 300 Å². The molecule has 0 heterocycles. The third-order valence-electron chi connectivity index (χ3n) is 10.6. The normalized spacial score (nSPS) is 11.4. The van der Waals surface area contributed by atoms with Gasteiger partial charge in [0.15, 0.2) is 0 Å². The van der Waals surface area contributed by atoms with Crippen molar-refractivity contribution in [3.63, 3.8) is 0 Å². The molecule has 0 N–H and O–H groups in total. The Morgan fingerprint density at radius 1 is 0.340 bits per heavy atom. The minimum atomic E-state index is 0.991. The van der Waals surface area contributed by atoms with E-state index in [9.17, 15) is 0 Å². The second-order valence-electron chi connectivity index (χ2n) is 14.3. The quantitative estimate of drug-likeness (QED) is 0.0811. The lowest BCUT2D eigenvalue weighted by molar-refractivity contribution is 0.599. The molecule has 0 atom stereocenters. The van der Waals surface area contributed by atoms with Gasteiger partial charge in [0.05, 0.1) is 0 Å². The number of aryl methyl sites for hydroxylation is 2. The highest BCUT2D eigenvalue weighted by Gasteiger charge is 2.19. The first-order valence-corrected chi connectivity index (χ1v) is 19.4. The summed E-state index contributed by atoms with van der Waals surface area (Å²) in [6.45, 7) is 4.61. The Balaban J connectivity index is 1.24. The lowest BCUT2D eigenvalue weighted by atomic mass is 9.82. The average molecular weight is 651 g/mol. The van der Waals surface area contributed by atoms with Crippen LogP contribution in [-0.2, 0) is 12.8 Å². The third-order valence-corrected chi connectivity index (χ3v) is 10.6. The second kappa shape index (κ2) is 16.3. The molecule has 50 heavy (non-hydrogen) atoms. The number of hydrogen-bond donors (Lipinski definition) is 0. The minimum absolute atomic E-state index is 0.991. The highest BCUT2D eigenvalue weighted by Crippen LogP contribution is 2.45. The van der Waals surface area contributed by atoms with Gasteiger partial charge in [-0.15, -0.1) is 0 Å². The first-order valence-electron chi connectivity index (χ1n) is 19.4. The van der Waals surface area contributed by atoms with Gasteiger partial charge in [0.25, 0.3) is 0 Å². The largest absolute Gasteiger partial charge is 0.0654 e. The molecular weight excluding hydrogens is 601 g/mol. The summed E-state index contributed by atoms with van der Waals surface area (Å²) in [6, 6.07) is 35.1. The van der Waals surface area contributed by atoms with Crippen LogP contribution in [-0.4, -0.2) is 0 Å². The van der Waals surface area contributed by atoms with E-state index in [1.807, 2.05) is 36.4 Å². The Morgan fingerprint density at radius 2 is 0.680 bits per heavy atom. The summed E-state index contributed by atoms with van der Waals surface area (Å²) in [5, 5.41) is 11.1. The maximum atomic E-state index is 3.48.